The van der Waals surface area contributed by atoms with Crippen molar-refractivity contribution in [2.45, 2.75) is 6.10 Å². The first kappa shape index (κ1) is 16.7. The molecule has 0 aliphatic heterocycles. The Labute approximate surface area is 131 Å². The van der Waals surface area contributed by atoms with Crippen LogP contribution in [0, 0.1) is 11.6 Å². The Bertz CT molecular complexity index is 695. The molecule has 0 fully saturated rings. The van der Waals surface area contributed by atoms with Crippen molar-refractivity contribution in [3.05, 3.63) is 59.7 Å². The number of carbonyl (C=O) groups is 1. The summed E-state index contributed by atoms with van der Waals surface area (Å²) in [6, 6.07) is 8.73. The van der Waals surface area contributed by atoms with E-state index in [1.54, 1.807) is 24.3 Å². The minimum atomic E-state index is -0.965. The van der Waals surface area contributed by atoms with Crippen molar-refractivity contribution in [2.75, 3.05) is 19.0 Å². The van der Waals surface area contributed by atoms with Crippen LogP contribution in [0.4, 0.5) is 19.3 Å². The molecule has 122 valence electrons. The van der Waals surface area contributed by atoms with E-state index >= 15 is 0 Å². The van der Waals surface area contributed by atoms with Crippen molar-refractivity contribution in [3.63, 3.8) is 0 Å². The molecule has 2 rings (SSSR count). The number of hydrogen-bond donors (Lipinski definition) is 3. The average Bonchev–Trinajstić information content (AvgIpc) is 2.56. The number of aliphatic hydroxyl groups excluding tert-OH is 1. The normalized spacial score (nSPS) is 11.7. The van der Waals surface area contributed by atoms with E-state index in [9.17, 15) is 18.7 Å². The van der Waals surface area contributed by atoms with Gasteiger partial charge in [-0.25, -0.2) is 13.6 Å². The number of hydrogen-bond acceptors (Lipinski definition) is 3. The van der Waals surface area contributed by atoms with Gasteiger partial charge in [0.25, 0.3) is 0 Å². The van der Waals surface area contributed by atoms with Gasteiger partial charge in [-0.2, -0.15) is 0 Å². The van der Waals surface area contributed by atoms with E-state index in [2.05, 4.69) is 10.6 Å². The van der Waals surface area contributed by atoms with Gasteiger partial charge in [0.2, 0.25) is 0 Å². The largest absolute Gasteiger partial charge is 0.497 e. The molecule has 0 saturated carbocycles. The Balaban J connectivity index is 1.92. The van der Waals surface area contributed by atoms with Gasteiger partial charge in [0.05, 0.1) is 18.9 Å². The molecule has 0 aromatic heterocycles. The first-order chi connectivity index (χ1) is 11.0. The third-order valence-corrected chi connectivity index (χ3v) is 3.11. The van der Waals surface area contributed by atoms with Crippen LogP contribution in [0.15, 0.2) is 42.5 Å². The standard InChI is InChI=1S/C16H16F2N2O3/c1-23-12-4-2-3-10(7-12)15(21)9-19-16(22)20-14-8-11(17)5-6-13(14)18/h2-8,15,21H,9H2,1H3,(H2,19,20,22). The smallest absolute Gasteiger partial charge is 0.319 e. The highest BCUT2D eigenvalue weighted by Gasteiger charge is 2.12. The molecule has 2 aromatic carbocycles. The fourth-order valence-corrected chi connectivity index (χ4v) is 1.92. The molecule has 0 radical (unpaired) electrons. The van der Waals surface area contributed by atoms with E-state index in [1.807, 2.05) is 0 Å². The maximum absolute atomic E-state index is 13.4. The van der Waals surface area contributed by atoms with Crippen molar-refractivity contribution in [1.29, 1.82) is 0 Å². The van der Waals surface area contributed by atoms with E-state index in [-0.39, 0.29) is 12.2 Å². The van der Waals surface area contributed by atoms with Crippen molar-refractivity contribution in [2.24, 2.45) is 0 Å². The average molecular weight is 322 g/mol. The van der Waals surface area contributed by atoms with E-state index in [0.717, 1.165) is 18.2 Å². The lowest BCUT2D eigenvalue weighted by Crippen LogP contribution is -2.32. The zero-order valence-electron chi connectivity index (χ0n) is 12.3. The second-order valence-corrected chi connectivity index (χ2v) is 4.75. The van der Waals surface area contributed by atoms with Gasteiger partial charge in [0.15, 0.2) is 0 Å². The lowest BCUT2D eigenvalue weighted by Gasteiger charge is -2.14. The Morgan fingerprint density at radius 2 is 2.04 bits per heavy atom. The molecule has 0 spiro atoms. The van der Waals surface area contributed by atoms with Gasteiger partial charge in [-0.3, -0.25) is 0 Å². The molecule has 3 N–H and O–H groups in total. The first-order valence-corrected chi connectivity index (χ1v) is 6.81. The molecule has 23 heavy (non-hydrogen) atoms. The molecule has 1 unspecified atom stereocenters. The van der Waals surface area contributed by atoms with Crippen LogP contribution >= 0.6 is 0 Å². The van der Waals surface area contributed by atoms with Crippen molar-refractivity contribution in [1.82, 2.24) is 5.32 Å². The van der Waals surface area contributed by atoms with Crippen LogP contribution in [0.2, 0.25) is 0 Å². The number of methoxy groups -OCH3 is 1. The number of rotatable bonds is 5. The summed E-state index contributed by atoms with van der Waals surface area (Å²) in [5.41, 5.74) is 0.278. The lowest BCUT2D eigenvalue weighted by molar-refractivity contribution is 0.174. The van der Waals surface area contributed by atoms with Crippen LogP contribution in [0.25, 0.3) is 0 Å². The van der Waals surface area contributed by atoms with Crippen LogP contribution in [0.5, 0.6) is 5.75 Å². The summed E-state index contributed by atoms with van der Waals surface area (Å²) >= 11 is 0. The molecule has 0 aliphatic rings. The molecule has 0 saturated heterocycles. The van der Waals surface area contributed by atoms with Gasteiger partial charge < -0.3 is 20.5 Å². The fraction of sp³-hybridized carbons (Fsp3) is 0.188. The number of halogens is 2. The predicted molar refractivity (Wildman–Crippen MR) is 81.3 cm³/mol. The van der Waals surface area contributed by atoms with Gasteiger partial charge >= 0.3 is 6.03 Å². The quantitative estimate of drug-likeness (QED) is 0.793. The topological polar surface area (TPSA) is 70.6 Å². The minimum Gasteiger partial charge on any atom is -0.497 e. The van der Waals surface area contributed by atoms with Crippen molar-refractivity contribution in [3.8, 4) is 5.75 Å². The number of urea groups is 1. The summed E-state index contributed by atoms with van der Waals surface area (Å²) in [5.74, 6) is -0.846. The molecule has 1 atom stereocenters. The summed E-state index contributed by atoms with van der Waals surface area (Å²) in [4.78, 5) is 11.7. The van der Waals surface area contributed by atoms with Crippen LogP contribution in [-0.4, -0.2) is 24.8 Å². The highest BCUT2D eigenvalue weighted by atomic mass is 19.1. The summed E-state index contributed by atoms with van der Waals surface area (Å²) in [6.07, 6.45) is -0.965. The zero-order chi connectivity index (χ0) is 16.8. The molecule has 5 nitrogen and oxygen atoms in total. The van der Waals surface area contributed by atoms with E-state index < -0.39 is 23.8 Å². The molecule has 0 heterocycles. The second-order valence-electron chi connectivity index (χ2n) is 4.75. The van der Waals surface area contributed by atoms with Gasteiger partial charge in [-0.1, -0.05) is 12.1 Å². The van der Waals surface area contributed by atoms with Crippen molar-refractivity contribution >= 4 is 11.7 Å². The second kappa shape index (κ2) is 7.55. The zero-order valence-corrected chi connectivity index (χ0v) is 12.3. The van der Waals surface area contributed by atoms with E-state index in [4.69, 9.17) is 4.74 Å². The van der Waals surface area contributed by atoms with E-state index in [1.165, 1.54) is 7.11 Å². The summed E-state index contributed by atoms with van der Waals surface area (Å²) < 4.78 is 31.5. The highest BCUT2D eigenvalue weighted by Crippen LogP contribution is 2.19. The highest BCUT2D eigenvalue weighted by molar-refractivity contribution is 5.89. The molecule has 7 heteroatoms. The Morgan fingerprint density at radius 1 is 1.26 bits per heavy atom. The monoisotopic (exact) mass is 322 g/mol. The van der Waals surface area contributed by atoms with Gasteiger partial charge in [0, 0.05) is 12.6 Å². The van der Waals surface area contributed by atoms with Gasteiger partial charge in [-0.15, -0.1) is 0 Å². The number of ether oxygens (including phenoxy) is 1. The lowest BCUT2D eigenvalue weighted by atomic mass is 10.1. The Kier molecular flexibility index (Phi) is 5.48. The number of nitrogens with one attached hydrogen (secondary N) is 2. The minimum absolute atomic E-state index is 0.101. The Morgan fingerprint density at radius 3 is 2.78 bits per heavy atom. The van der Waals surface area contributed by atoms with Crippen LogP contribution in [0.1, 0.15) is 11.7 Å². The number of anilines is 1. The fourth-order valence-electron chi connectivity index (χ4n) is 1.92. The number of carbonyl (C=O) groups excluding carboxylic acids is 1. The third kappa shape index (κ3) is 4.65. The maximum Gasteiger partial charge on any atom is 0.319 e. The maximum atomic E-state index is 13.4. The first-order valence-electron chi connectivity index (χ1n) is 6.81. The third-order valence-electron chi connectivity index (χ3n) is 3.11. The summed E-state index contributed by atoms with van der Waals surface area (Å²) in [6.45, 7) is -0.101. The van der Waals surface area contributed by atoms with Gasteiger partial charge in [0.1, 0.15) is 17.4 Å². The molecule has 2 aromatic rings. The number of benzene rings is 2. The molecule has 0 bridgehead atoms. The van der Waals surface area contributed by atoms with Crippen LogP contribution in [-0.2, 0) is 0 Å². The molecular formula is C16H16F2N2O3. The predicted octanol–water partition coefficient (Wildman–Crippen LogP) is 2.83. The van der Waals surface area contributed by atoms with Crippen LogP contribution in [0.3, 0.4) is 0 Å². The number of amides is 2. The van der Waals surface area contributed by atoms with Crippen LogP contribution < -0.4 is 15.4 Å². The molecule has 2 amide bonds. The van der Waals surface area contributed by atoms with E-state index in [0.29, 0.717) is 11.3 Å². The molecular weight excluding hydrogens is 306 g/mol. The molecule has 0 aliphatic carbocycles. The Hall–Kier alpha value is -2.67. The summed E-state index contributed by atoms with van der Waals surface area (Å²) in [5, 5.41) is 14.6. The number of aliphatic hydroxyl groups is 1. The SMILES string of the molecule is COc1cccc(C(O)CNC(=O)Nc2cc(F)ccc2F)c1. The van der Waals surface area contributed by atoms with Crippen molar-refractivity contribution < 1.29 is 23.4 Å². The summed E-state index contributed by atoms with van der Waals surface area (Å²) in [7, 11) is 1.50. The van der Waals surface area contributed by atoms with Gasteiger partial charge in [-0.05, 0) is 29.8 Å².